The quantitative estimate of drug-likeness (QED) is 0.461. The normalized spacial score (nSPS) is 19.9. The fourth-order valence-corrected chi connectivity index (χ4v) is 5.97. The summed E-state index contributed by atoms with van der Waals surface area (Å²) in [6.07, 6.45) is 1.80. The van der Waals surface area contributed by atoms with Gasteiger partial charge in [-0.05, 0) is 54.5 Å². The predicted molar refractivity (Wildman–Crippen MR) is 123 cm³/mol. The molecule has 2 aromatic heterocycles. The third kappa shape index (κ3) is 2.74. The summed E-state index contributed by atoms with van der Waals surface area (Å²) in [4.78, 5) is 42.7. The summed E-state index contributed by atoms with van der Waals surface area (Å²) >= 11 is 0. The predicted octanol–water partition coefficient (Wildman–Crippen LogP) is 3.55. The summed E-state index contributed by atoms with van der Waals surface area (Å²) in [6, 6.07) is 3.08. The molecule has 8 heteroatoms. The molecule has 3 aliphatic rings. The highest BCUT2D eigenvalue weighted by Crippen LogP contribution is 2.45. The van der Waals surface area contributed by atoms with Gasteiger partial charge in [0.15, 0.2) is 0 Å². The third-order valence-corrected chi connectivity index (χ3v) is 7.57. The Balaban J connectivity index is 1.67. The molecule has 0 saturated heterocycles. The molecule has 2 atom stereocenters. The monoisotopic (exact) mass is 461 g/mol. The molecular weight excluding hydrogens is 437 g/mol. The number of aryl methyl sites for hydroxylation is 1. The minimum Gasteiger partial charge on any atom is -0.460 e. The Hall–Kier alpha value is -3.55. The highest BCUT2D eigenvalue weighted by atomic mass is 19.1. The van der Waals surface area contributed by atoms with Crippen molar-refractivity contribution in [3.05, 3.63) is 61.7 Å². The Morgan fingerprint density at radius 1 is 1.26 bits per heavy atom. The van der Waals surface area contributed by atoms with Gasteiger partial charge in [-0.15, -0.1) is 0 Å². The molecule has 1 aliphatic carbocycles. The van der Waals surface area contributed by atoms with Crippen molar-refractivity contribution in [3.63, 3.8) is 0 Å². The molecule has 0 saturated carbocycles. The van der Waals surface area contributed by atoms with Crippen molar-refractivity contribution in [2.75, 3.05) is 0 Å². The second-order valence-corrected chi connectivity index (χ2v) is 9.42. The van der Waals surface area contributed by atoms with Crippen LogP contribution in [0.15, 0.2) is 16.9 Å². The lowest BCUT2D eigenvalue weighted by atomic mass is 9.81. The zero-order chi connectivity index (χ0) is 23.9. The van der Waals surface area contributed by atoms with Gasteiger partial charge in [0.1, 0.15) is 12.4 Å². The summed E-state index contributed by atoms with van der Waals surface area (Å²) in [5.41, 5.74) is 6.06. The summed E-state index contributed by atoms with van der Waals surface area (Å²) in [5, 5.41) is 3.93. The molecule has 1 N–H and O–H groups in total. The fraction of sp³-hybridized carbons (Fsp3) is 0.385. The minimum atomic E-state index is -0.496. The smallest absolute Gasteiger partial charge is 0.313 e. The summed E-state index contributed by atoms with van der Waals surface area (Å²) < 4.78 is 21.8. The molecule has 0 bridgehead atoms. The van der Waals surface area contributed by atoms with E-state index < -0.39 is 5.92 Å². The molecule has 0 radical (unpaired) electrons. The third-order valence-electron chi connectivity index (χ3n) is 7.57. The molecule has 1 amide bonds. The molecule has 0 fully saturated rings. The average Bonchev–Trinajstić information content (AvgIpc) is 3.16. The molecule has 3 aromatic rings. The van der Waals surface area contributed by atoms with E-state index >= 15 is 0 Å². The van der Waals surface area contributed by atoms with E-state index in [9.17, 15) is 18.8 Å². The lowest BCUT2D eigenvalue weighted by Gasteiger charge is -2.29. The lowest BCUT2D eigenvalue weighted by molar-refractivity contribution is -0.148. The zero-order valence-electron chi connectivity index (χ0n) is 19.3. The van der Waals surface area contributed by atoms with E-state index in [1.165, 1.54) is 13.0 Å². The minimum absolute atomic E-state index is 0.0363. The van der Waals surface area contributed by atoms with Crippen molar-refractivity contribution < 1.29 is 18.7 Å². The Bertz CT molecular complexity index is 1510. The number of carbonyl (C=O) groups is 2. The molecule has 174 valence electrons. The molecule has 2 aliphatic heterocycles. The highest BCUT2D eigenvalue weighted by molar-refractivity contribution is 5.93. The largest absolute Gasteiger partial charge is 0.460 e. The van der Waals surface area contributed by atoms with E-state index in [2.05, 4.69) is 5.32 Å². The van der Waals surface area contributed by atoms with E-state index in [-0.39, 0.29) is 35.9 Å². The Kier molecular flexibility index (Phi) is 4.46. The van der Waals surface area contributed by atoms with Crippen molar-refractivity contribution in [1.82, 2.24) is 14.9 Å². The van der Waals surface area contributed by atoms with Crippen molar-refractivity contribution in [1.29, 1.82) is 0 Å². The van der Waals surface area contributed by atoms with E-state index in [0.29, 0.717) is 59.4 Å². The van der Waals surface area contributed by atoms with Crippen LogP contribution in [0.3, 0.4) is 0 Å². The SMILES string of the molecule is CC[C@@H]1C(=O)OCc2c1cc1n(c2=O)Cc2c-1nc1cc(F)c(C)c3c1c2C(NC(C)=O)CC3. The van der Waals surface area contributed by atoms with Crippen molar-refractivity contribution in [2.24, 2.45) is 0 Å². The number of nitrogens with zero attached hydrogens (tertiary/aromatic N) is 2. The van der Waals surface area contributed by atoms with Crippen LogP contribution in [0, 0.1) is 12.7 Å². The number of cyclic esters (lactones) is 1. The number of hydrogen-bond acceptors (Lipinski definition) is 5. The van der Waals surface area contributed by atoms with Gasteiger partial charge in [0.2, 0.25) is 5.91 Å². The first-order valence-electron chi connectivity index (χ1n) is 11.6. The average molecular weight is 461 g/mol. The number of halogens is 1. The van der Waals surface area contributed by atoms with E-state index in [0.717, 1.165) is 22.1 Å². The summed E-state index contributed by atoms with van der Waals surface area (Å²) in [6.45, 7) is 5.42. The van der Waals surface area contributed by atoms with Crippen LogP contribution in [0.5, 0.6) is 0 Å². The maximum Gasteiger partial charge on any atom is 0.313 e. The van der Waals surface area contributed by atoms with Gasteiger partial charge in [-0.3, -0.25) is 14.4 Å². The van der Waals surface area contributed by atoms with Gasteiger partial charge < -0.3 is 14.6 Å². The molecule has 7 nitrogen and oxygen atoms in total. The number of amides is 1. The molecule has 4 heterocycles. The summed E-state index contributed by atoms with van der Waals surface area (Å²) in [5.74, 6) is -1.28. The number of carbonyl (C=O) groups excluding carboxylic acids is 2. The molecule has 0 spiro atoms. The molecule has 1 unspecified atom stereocenters. The van der Waals surface area contributed by atoms with Gasteiger partial charge in [-0.2, -0.15) is 0 Å². The second-order valence-electron chi connectivity index (χ2n) is 9.42. The first-order chi connectivity index (χ1) is 16.3. The van der Waals surface area contributed by atoms with E-state index in [1.54, 1.807) is 11.5 Å². The van der Waals surface area contributed by atoms with Crippen LogP contribution < -0.4 is 10.9 Å². The van der Waals surface area contributed by atoms with Gasteiger partial charge in [-0.1, -0.05) is 6.92 Å². The van der Waals surface area contributed by atoms with E-state index in [1.807, 2.05) is 13.0 Å². The number of hydrogen-bond donors (Lipinski definition) is 1. The standard InChI is InChI=1S/C26H24FN3O4/c1-4-13-15-7-21-24-16(9-30(21)25(32)17(15)10-34-26(13)33)23-19(28-12(3)31)6-5-14-11(2)18(27)8-20(29-24)22(14)23/h7-8,13,19H,4-6,9-10H2,1-3H3,(H,28,31)/t13-,19?/m0/s1. The Labute approximate surface area is 194 Å². The Morgan fingerprint density at radius 3 is 2.79 bits per heavy atom. The number of esters is 1. The lowest BCUT2D eigenvalue weighted by Crippen LogP contribution is -2.32. The van der Waals surface area contributed by atoms with Crippen molar-refractivity contribution in [2.45, 2.75) is 65.1 Å². The number of rotatable bonds is 2. The number of benzene rings is 1. The van der Waals surface area contributed by atoms with Crippen molar-refractivity contribution in [3.8, 4) is 11.4 Å². The maximum absolute atomic E-state index is 14.8. The van der Waals surface area contributed by atoms with E-state index in [4.69, 9.17) is 9.72 Å². The van der Waals surface area contributed by atoms with Crippen molar-refractivity contribution >= 4 is 22.8 Å². The fourth-order valence-electron chi connectivity index (χ4n) is 5.97. The molecule has 1 aromatic carbocycles. The molecule has 6 rings (SSSR count). The number of nitrogens with one attached hydrogen (secondary N) is 1. The number of aromatic nitrogens is 2. The molecule has 34 heavy (non-hydrogen) atoms. The van der Waals surface area contributed by atoms with Gasteiger partial charge >= 0.3 is 5.97 Å². The number of fused-ring (bicyclic) bond motifs is 5. The molecular formula is C26H24FN3O4. The number of ether oxygens (including phenoxy) is 1. The highest BCUT2D eigenvalue weighted by Gasteiger charge is 2.37. The maximum atomic E-state index is 14.8. The van der Waals surface area contributed by atoms with Crippen LogP contribution in [0.1, 0.15) is 72.0 Å². The van der Waals surface area contributed by atoms with Crippen LogP contribution in [0.25, 0.3) is 22.3 Å². The summed E-state index contributed by atoms with van der Waals surface area (Å²) in [7, 11) is 0. The first-order valence-corrected chi connectivity index (χ1v) is 11.6. The van der Waals surface area contributed by atoms with Crippen LogP contribution in [-0.4, -0.2) is 21.4 Å². The van der Waals surface area contributed by atoms with Gasteiger partial charge in [-0.25, -0.2) is 9.37 Å². The van der Waals surface area contributed by atoms with Crippen LogP contribution >= 0.6 is 0 Å². The van der Waals surface area contributed by atoms with Gasteiger partial charge in [0.05, 0.1) is 41.0 Å². The van der Waals surface area contributed by atoms with Crippen LogP contribution in [-0.2, 0) is 33.9 Å². The second kappa shape index (κ2) is 7.22. The Morgan fingerprint density at radius 2 is 2.06 bits per heavy atom. The van der Waals surface area contributed by atoms with Gasteiger partial charge in [0, 0.05) is 23.9 Å². The van der Waals surface area contributed by atoms with Gasteiger partial charge in [0.25, 0.3) is 5.56 Å². The number of pyridine rings is 2. The first kappa shape index (κ1) is 21.0. The topological polar surface area (TPSA) is 90.3 Å². The van der Waals surface area contributed by atoms with Crippen LogP contribution in [0.2, 0.25) is 0 Å². The van der Waals surface area contributed by atoms with Crippen LogP contribution in [0.4, 0.5) is 4.39 Å². The zero-order valence-corrected chi connectivity index (χ0v) is 19.3.